The van der Waals surface area contributed by atoms with Crippen molar-refractivity contribution in [3.8, 4) is 12.3 Å². The van der Waals surface area contributed by atoms with Gasteiger partial charge in [0.25, 0.3) is 0 Å². The molecule has 1 atom stereocenters. The van der Waals surface area contributed by atoms with Crippen molar-refractivity contribution in [1.29, 1.82) is 0 Å². The topological polar surface area (TPSA) is 49.4 Å². The van der Waals surface area contributed by atoms with Gasteiger partial charge in [0.1, 0.15) is 5.54 Å². The minimum Gasteiger partial charge on any atom is -0.328 e. The maximum atomic E-state index is 12.9. The molecule has 0 saturated carbocycles. The summed E-state index contributed by atoms with van der Waals surface area (Å²) in [6.07, 6.45) is 6.31. The molecule has 1 saturated heterocycles. The fourth-order valence-electron chi connectivity index (χ4n) is 3.50. The second kappa shape index (κ2) is 7.75. The fourth-order valence-corrected chi connectivity index (χ4v) is 3.50. The maximum Gasteiger partial charge on any atom is 0.250 e. The molecule has 0 aromatic heterocycles. The van der Waals surface area contributed by atoms with Crippen LogP contribution in [0, 0.1) is 12.3 Å². The molecule has 1 unspecified atom stereocenters. The highest BCUT2D eigenvalue weighted by molar-refractivity contribution is 6.01. The van der Waals surface area contributed by atoms with E-state index in [4.69, 9.17) is 6.42 Å². The van der Waals surface area contributed by atoms with Crippen LogP contribution in [-0.4, -0.2) is 28.8 Å². The lowest BCUT2D eigenvalue weighted by atomic mass is 9.84. The van der Waals surface area contributed by atoms with Crippen LogP contribution in [0.3, 0.4) is 0 Å². The molecule has 1 aliphatic rings. The van der Waals surface area contributed by atoms with Crippen LogP contribution in [0.25, 0.3) is 0 Å². The molecule has 2 amide bonds. The summed E-state index contributed by atoms with van der Waals surface area (Å²) in [5.74, 6) is 2.35. The normalized spacial score (nSPS) is 18.5. The van der Waals surface area contributed by atoms with Gasteiger partial charge in [-0.05, 0) is 54.2 Å². The Hall–Kier alpha value is -3.06. The lowest BCUT2D eigenvalue weighted by Crippen LogP contribution is -2.66. The van der Waals surface area contributed by atoms with E-state index >= 15 is 0 Å². The molecule has 4 nitrogen and oxygen atoms in total. The summed E-state index contributed by atoms with van der Waals surface area (Å²) in [7, 11) is 0. The van der Waals surface area contributed by atoms with Crippen LogP contribution in [0.4, 0.5) is 5.69 Å². The van der Waals surface area contributed by atoms with Gasteiger partial charge >= 0.3 is 0 Å². The van der Waals surface area contributed by atoms with Crippen molar-refractivity contribution in [2.45, 2.75) is 51.5 Å². The molecule has 0 radical (unpaired) electrons. The second-order valence-corrected chi connectivity index (χ2v) is 8.87. The van der Waals surface area contributed by atoms with Gasteiger partial charge in [-0.2, -0.15) is 0 Å². The summed E-state index contributed by atoms with van der Waals surface area (Å²) in [6.45, 7) is 8.91. The SMILES string of the molecule is C#Cc1ccc(NC(=O)C2(C)CCN2C(=O)Cc2ccc(C(C)(C)C)cc2)cc1. The molecule has 29 heavy (non-hydrogen) atoms. The van der Waals surface area contributed by atoms with Crippen LogP contribution in [0.1, 0.15) is 50.8 Å². The number of benzene rings is 2. The minimum absolute atomic E-state index is 0.0277. The van der Waals surface area contributed by atoms with Crippen molar-refractivity contribution >= 4 is 17.5 Å². The molecule has 1 N–H and O–H groups in total. The van der Waals surface area contributed by atoms with E-state index in [-0.39, 0.29) is 17.2 Å². The van der Waals surface area contributed by atoms with Crippen LogP contribution in [0.5, 0.6) is 0 Å². The van der Waals surface area contributed by atoms with Gasteiger partial charge in [-0.15, -0.1) is 6.42 Å². The fraction of sp³-hybridized carbons (Fsp3) is 0.360. The highest BCUT2D eigenvalue weighted by Gasteiger charge is 2.49. The van der Waals surface area contributed by atoms with Crippen molar-refractivity contribution in [3.63, 3.8) is 0 Å². The number of nitrogens with zero attached hydrogens (tertiary/aromatic N) is 1. The summed E-state index contributed by atoms with van der Waals surface area (Å²) in [5, 5.41) is 2.91. The average molecular weight is 389 g/mol. The summed E-state index contributed by atoms with van der Waals surface area (Å²) in [5.41, 5.74) is 2.88. The molecule has 2 aromatic carbocycles. The molecule has 0 aliphatic carbocycles. The van der Waals surface area contributed by atoms with E-state index in [0.29, 0.717) is 25.1 Å². The molecule has 1 heterocycles. The lowest BCUT2D eigenvalue weighted by Gasteiger charge is -2.49. The van der Waals surface area contributed by atoms with E-state index in [9.17, 15) is 9.59 Å². The zero-order valence-electron chi connectivity index (χ0n) is 17.6. The van der Waals surface area contributed by atoms with Gasteiger partial charge < -0.3 is 10.2 Å². The third kappa shape index (κ3) is 4.35. The van der Waals surface area contributed by atoms with Crippen molar-refractivity contribution < 1.29 is 9.59 Å². The molecule has 1 fully saturated rings. The maximum absolute atomic E-state index is 12.9. The van der Waals surface area contributed by atoms with E-state index in [0.717, 1.165) is 11.1 Å². The molecule has 0 bridgehead atoms. The molecule has 2 aromatic rings. The van der Waals surface area contributed by atoms with Gasteiger partial charge in [0.2, 0.25) is 11.8 Å². The molecule has 1 aliphatic heterocycles. The third-order valence-electron chi connectivity index (χ3n) is 5.69. The van der Waals surface area contributed by atoms with E-state index < -0.39 is 5.54 Å². The third-order valence-corrected chi connectivity index (χ3v) is 5.69. The second-order valence-electron chi connectivity index (χ2n) is 8.87. The molecule has 3 rings (SSSR count). The monoisotopic (exact) mass is 388 g/mol. The lowest BCUT2D eigenvalue weighted by molar-refractivity contribution is -0.154. The number of nitrogens with one attached hydrogen (secondary N) is 1. The van der Waals surface area contributed by atoms with E-state index in [1.165, 1.54) is 5.56 Å². The Morgan fingerprint density at radius 3 is 2.21 bits per heavy atom. The zero-order chi connectivity index (χ0) is 21.2. The van der Waals surface area contributed by atoms with E-state index in [2.05, 4.69) is 44.1 Å². The highest BCUT2D eigenvalue weighted by Crippen LogP contribution is 2.32. The first-order valence-electron chi connectivity index (χ1n) is 9.91. The number of anilines is 1. The van der Waals surface area contributed by atoms with Gasteiger partial charge in [-0.25, -0.2) is 0 Å². The highest BCUT2D eigenvalue weighted by atomic mass is 16.2. The number of carbonyl (C=O) groups is 2. The van der Waals surface area contributed by atoms with Crippen LogP contribution in [0.15, 0.2) is 48.5 Å². The van der Waals surface area contributed by atoms with E-state index in [1.54, 1.807) is 29.2 Å². The number of hydrogen-bond acceptors (Lipinski definition) is 2. The van der Waals surface area contributed by atoms with Crippen molar-refractivity contribution in [2.75, 3.05) is 11.9 Å². The Morgan fingerprint density at radius 2 is 1.72 bits per heavy atom. The Morgan fingerprint density at radius 1 is 1.10 bits per heavy atom. The Kier molecular flexibility index (Phi) is 5.53. The standard InChI is InChI=1S/C25H28N2O2/c1-6-18-9-13-21(14-10-18)26-23(29)25(5)15-16-27(25)22(28)17-19-7-11-20(12-8-19)24(2,3)4/h1,7-14H,15-17H2,2-5H3,(H,26,29). The van der Waals surface area contributed by atoms with Crippen LogP contribution in [0.2, 0.25) is 0 Å². The van der Waals surface area contributed by atoms with Gasteiger partial charge in [-0.1, -0.05) is 51.0 Å². The zero-order valence-corrected chi connectivity index (χ0v) is 17.6. The van der Waals surface area contributed by atoms with Crippen molar-refractivity contribution in [2.24, 2.45) is 0 Å². The first-order chi connectivity index (χ1) is 13.6. The average Bonchev–Trinajstić information content (AvgIpc) is 2.66. The molecular formula is C25H28N2O2. The number of carbonyl (C=O) groups excluding carboxylic acids is 2. The van der Waals surface area contributed by atoms with Gasteiger partial charge in [0, 0.05) is 17.8 Å². The quantitative estimate of drug-likeness (QED) is 0.801. The molecular weight excluding hydrogens is 360 g/mol. The number of rotatable bonds is 4. The summed E-state index contributed by atoms with van der Waals surface area (Å²) in [4.78, 5) is 27.4. The Balaban J connectivity index is 1.65. The van der Waals surface area contributed by atoms with Crippen LogP contribution >= 0.6 is 0 Å². The van der Waals surface area contributed by atoms with E-state index in [1.807, 2.05) is 19.1 Å². The van der Waals surface area contributed by atoms with Crippen molar-refractivity contribution in [3.05, 3.63) is 65.2 Å². The van der Waals surface area contributed by atoms with Gasteiger partial charge in [0.05, 0.1) is 6.42 Å². The smallest absolute Gasteiger partial charge is 0.250 e. The predicted molar refractivity (Wildman–Crippen MR) is 117 cm³/mol. The summed E-state index contributed by atoms with van der Waals surface area (Å²) in [6, 6.07) is 15.3. The Labute approximate surface area is 173 Å². The van der Waals surface area contributed by atoms with Crippen LogP contribution in [-0.2, 0) is 21.4 Å². The summed E-state index contributed by atoms with van der Waals surface area (Å²) < 4.78 is 0. The number of terminal acetylenes is 1. The largest absolute Gasteiger partial charge is 0.328 e. The number of hydrogen-bond donors (Lipinski definition) is 1. The van der Waals surface area contributed by atoms with Crippen molar-refractivity contribution in [1.82, 2.24) is 4.90 Å². The molecule has 0 spiro atoms. The van der Waals surface area contributed by atoms with Gasteiger partial charge in [-0.3, -0.25) is 9.59 Å². The number of likely N-dealkylation sites (tertiary alicyclic amines) is 1. The first kappa shape index (κ1) is 20.7. The minimum atomic E-state index is -0.826. The molecule has 150 valence electrons. The van der Waals surface area contributed by atoms with Crippen LogP contribution < -0.4 is 5.32 Å². The first-order valence-corrected chi connectivity index (χ1v) is 9.91. The predicted octanol–water partition coefficient (Wildman–Crippen LogP) is 4.14. The molecule has 4 heteroatoms. The number of amides is 2. The Bertz CT molecular complexity index is 946. The van der Waals surface area contributed by atoms with Gasteiger partial charge in [0.15, 0.2) is 0 Å². The summed E-state index contributed by atoms with van der Waals surface area (Å²) >= 11 is 0.